The molecular weight excluding hydrogens is 178 g/mol. The number of alkyl carbamates (subject to hydrolysis) is 1. The molecule has 3 nitrogen and oxygen atoms in total. The molecule has 3 heteroatoms. The number of amides is 1. The Kier molecular flexibility index (Phi) is 3.40. The Morgan fingerprint density at radius 1 is 1.43 bits per heavy atom. The minimum absolute atomic E-state index is 0.281. The van der Waals surface area contributed by atoms with Crippen molar-refractivity contribution in [3.63, 3.8) is 0 Å². The molecule has 0 bridgehead atoms. The van der Waals surface area contributed by atoms with Gasteiger partial charge >= 0.3 is 6.09 Å². The van der Waals surface area contributed by atoms with Crippen LogP contribution in [0.2, 0.25) is 0 Å². The van der Waals surface area contributed by atoms with Gasteiger partial charge in [-0.2, -0.15) is 0 Å². The van der Waals surface area contributed by atoms with E-state index < -0.39 is 5.60 Å². The van der Waals surface area contributed by atoms with E-state index in [1.165, 1.54) is 6.42 Å². The second-order valence-electron chi connectivity index (χ2n) is 5.09. The molecule has 1 aliphatic carbocycles. The van der Waals surface area contributed by atoms with Crippen LogP contribution < -0.4 is 5.32 Å². The summed E-state index contributed by atoms with van der Waals surface area (Å²) in [4.78, 5) is 11.3. The highest BCUT2D eigenvalue weighted by molar-refractivity contribution is 5.68. The van der Waals surface area contributed by atoms with Crippen molar-refractivity contribution >= 4 is 6.09 Å². The number of ether oxygens (including phenoxy) is 1. The number of nitrogens with one attached hydrogen (secondary N) is 1. The summed E-state index contributed by atoms with van der Waals surface area (Å²) in [6, 6.07) is 0.342. The number of carbonyl (C=O) groups excluding carboxylic acids is 1. The van der Waals surface area contributed by atoms with Crippen molar-refractivity contribution in [1.29, 1.82) is 0 Å². The average Bonchev–Trinajstić information content (AvgIpc) is 1.91. The van der Waals surface area contributed by atoms with Gasteiger partial charge in [-0.1, -0.05) is 13.3 Å². The van der Waals surface area contributed by atoms with Gasteiger partial charge in [-0.25, -0.2) is 4.79 Å². The van der Waals surface area contributed by atoms with Crippen molar-refractivity contribution in [1.82, 2.24) is 5.32 Å². The van der Waals surface area contributed by atoms with Crippen LogP contribution in [0.15, 0.2) is 0 Å². The van der Waals surface area contributed by atoms with Crippen LogP contribution in [0.3, 0.4) is 0 Å². The maximum absolute atomic E-state index is 11.3. The maximum Gasteiger partial charge on any atom is 0.407 e. The molecule has 0 spiro atoms. The fraction of sp³-hybridized carbons (Fsp3) is 0.909. The zero-order chi connectivity index (χ0) is 10.8. The summed E-state index contributed by atoms with van der Waals surface area (Å²) >= 11 is 0. The van der Waals surface area contributed by atoms with Crippen molar-refractivity contribution in [3.8, 4) is 0 Å². The van der Waals surface area contributed by atoms with Crippen LogP contribution >= 0.6 is 0 Å². The molecule has 1 rings (SSSR count). The molecule has 82 valence electrons. The molecule has 0 aliphatic heterocycles. The third kappa shape index (κ3) is 3.56. The number of rotatable bonds is 2. The first-order chi connectivity index (χ1) is 6.40. The van der Waals surface area contributed by atoms with Crippen LogP contribution in [0.1, 0.15) is 47.0 Å². The molecule has 1 aliphatic rings. The van der Waals surface area contributed by atoms with E-state index in [1.54, 1.807) is 0 Å². The number of hydrogen-bond acceptors (Lipinski definition) is 2. The van der Waals surface area contributed by atoms with Crippen LogP contribution in [-0.2, 0) is 4.74 Å². The SMILES string of the molecule is CC[C@H]1C[C@H](NC(=O)OC(C)(C)C)C1. The first-order valence-corrected chi connectivity index (χ1v) is 5.40. The highest BCUT2D eigenvalue weighted by Gasteiger charge is 2.30. The van der Waals surface area contributed by atoms with E-state index >= 15 is 0 Å². The summed E-state index contributed by atoms with van der Waals surface area (Å²) in [5, 5.41) is 2.88. The Hall–Kier alpha value is -0.730. The maximum atomic E-state index is 11.3. The monoisotopic (exact) mass is 199 g/mol. The van der Waals surface area contributed by atoms with Crippen LogP contribution in [0.25, 0.3) is 0 Å². The molecular formula is C11H21NO2. The third-order valence-electron chi connectivity index (χ3n) is 2.53. The second kappa shape index (κ2) is 4.20. The van der Waals surface area contributed by atoms with E-state index in [0.29, 0.717) is 6.04 Å². The van der Waals surface area contributed by atoms with Gasteiger partial charge in [-0.05, 0) is 39.5 Å². The van der Waals surface area contributed by atoms with Gasteiger partial charge in [0.2, 0.25) is 0 Å². The lowest BCUT2D eigenvalue weighted by atomic mass is 9.79. The lowest BCUT2D eigenvalue weighted by Crippen LogP contribution is -2.46. The second-order valence-corrected chi connectivity index (χ2v) is 5.09. The lowest BCUT2D eigenvalue weighted by Gasteiger charge is -2.35. The molecule has 0 atom stereocenters. The fourth-order valence-corrected chi connectivity index (χ4v) is 1.66. The highest BCUT2D eigenvalue weighted by atomic mass is 16.6. The van der Waals surface area contributed by atoms with Gasteiger partial charge in [0.15, 0.2) is 0 Å². The highest BCUT2D eigenvalue weighted by Crippen LogP contribution is 2.29. The first kappa shape index (κ1) is 11.3. The fourth-order valence-electron chi connectivity index (χ4n) is 1.66. The van der Waals surface area contributed by atoms with Gasteiger partial charge in [-0.15, -0.1) is 0 Å². The van der Waals surface area contributed by atoms with Crippen molar-refractivity contribution in [2.75, 3.05) is 0 Å². The summed E-state index contributed by atoms with van der Waals surface area (Å²) in [7, 11) is 0. The Morgan fingerprint density at radius 3 is 2.43 bits per heavy atom. The van der Waals surface area contributed by atoms with Gasteiger partial charge in [0.1, 0.15) is 5.60 Å². The Labute approximate surface area is 86.2 Å². The summed E-state index contributed by atoms with van der Waals surface area (Å²) in [5.41, 5.74) is -0.391. The van der Waals surface area contributed by atoms with Gasteiger partial charge in [-0.3, -0.25) is 0 Å². The van der Waals surface area contributed by atoms with E-state index in [1.807, 2.05) is 20.8 Å². The minimum Gasteiger partial charge on any atom is -0.444 e. The minimum atomic E-state index is -0.391. The quantitative estimate of drug-likeness (QED) is 0.742. The molecule has 1 fully saturated rings. The van der Waals surface area contributed by atoms with E-state index in [-0.39, 0.29) is 6.09 Å². The molecule has 14 heavy (non-hydrogen) atoms. The predicted molar refractivity (Wildman–Crippen MR) is 56.2 cm³/mol. The standard InChI is InChI=1S/C11H21NO2/c1-5-8-6-9(7-8)12-10(13)14-11(2,3)4/h8-9H,5-7H2,1-4H3,(H,12,13)/t8-,9-. The summed E-state index contributed by atoms with van der Waals surface area (Å²) in [6.07, 6.45) is 3.15. The summed E-state index contributed by atoms with van der Waals surface area (Å²) in [5.74, 6) is 0.801. The van der Waals surface area contributed by atoms with Crippen LogP contribution in [0, 0.1) is 5.92 Å². The first-order valence-electron chi connectivity index (χ1n) is 5.40. The molecule has 1 amide bonds. The summed E-state index contributed by atoms with van der Waals surface area (Å²) < 4.78 is 5.16. The van der Waals surface area contributed by atoms with Gasteiger partial charge in [0.25, 0.3) is 0 Å². The molecule has 0 radical (unpaired) electrons. The van der Waals surface area contributed by atoms with Crippen molar-refractivity contribution in [2.24, 2.45) is 5.92 Å². The molecule has 0 unspecified atom stereocenters. The molecule has 0 aromatic rings. The Morgan fingerprint density at radius 2 is 2.00 bits per heavy atom. The Bertz CT molecular complexity index is 202. The lowest BCUT2D eigenvalue weighted by molar-refractivity contribution is 0.0451. The van der Waals surface area contributed by atoms with Gasteiger partial charge < -0.3 is 10.1 Å². The number of carbonyl (C=O) groups is 1. The molecule has 1 N–H and O–H groups in total. The van der Waals surface area contributed by atoms with Gasteiger partial charge in [0, 0.05) is 6.04 Å². The zero-order valence-electron chi connectivity index (χ0n) is 9.59. The van der Waals surface area contributed by atoms with Gasteiger partial charge in [0.05, 0.1) is 0 Å². The van der Waals surface area contributed by atoms with Crippen molar-refractivity contribution in [2.45, 2.75) is 58.6 Å². The van der Waals surface area contributed by atoms with Crippen LogP contribution in [0.5, 0.6) is 0 Å². The Balaban J connectivity index is 2.17. The smallest absolute Gasteiger partial charge is 0.407 e. The number of hydrogen-bond donors (Lipinski definition) is 1. The largest absolute Gasteiger partial charge is 0.444 e. The molecule has 0 aromatic carbocycles. The third-order valence-corrected chi connectivity index (χ3v) is 2.53. The van der Waals surface area contributed by atoms with E-state index in [2.05, 4.69) is 12.2 Å². The zero-order valence-corrected chi connectivity index (χ0v) is 9.59. The van der Waals surface area contributed by atoms with Crippen molar-refractivity contribution < 1.29 is 9.53 Å². The average molecular weight is 199 g/mol. The predicted octanol–water partition coefficient (Wildman–Crippen LogP) is 2.70. The summed E-state index contributed by atoms with van der Waals surface area (Å²) in [6.45, 7) is 7.82. The van der Waals surface area contributed by atoms with Crippen molar-refractivity contribution in [3.05, 3.63) is 0 Å². The van der Waals surface area contributed by atoms with Crippen LogP contribution in [0.4, 0.5) is 4.79 Å². The molecule has 1 saturated carbocycles. The topological polar surface area (TPSA) is 38.3 Å². The van der Waals surface area contributed by atoms with E-state index in [0.717, 1.165) is 18.8 Å². The normalized spacial score (nSPS) is 26.6. The molecule has 0 aromatic heterocycles. The molecule has 0 heterocycles. The van der Waals surface area contributed by atoms with Crippen LogP contribution in [-0.4, -0.2) is 17.7 Å². The van der Waals surface area contributed by atoms with E-state index in [4.69, 9.17) is 4.74 Å². The molecule has 0 saturated heterocycles. The van der Waals surface area contributed by atoms with E-state index in [9.17, 15) is 4.79 Å².